The fraction of sp³-hybridized carbons (Fsp3) is 0.533. The van der Waals surface area contributed by atoms with E-state index in [2.05, 4.69) is 15.1 Å². The predicted molar refractivity (Wildman–Crippen MR) is 76.3 cm³/mol. The molecule has 2 unspecified atom stereocenters. The van der Waals surface area contributed by atoms with Crippen LogP contribution in [0.25, 0.3) is 4.85 Å². The van der Waals surface area contributed by atoms with Gasteiger partial charge in [-0.2, -0.15) is 0 Å². The molecule has 1 amide bonds. The smallest absolute Gasteiger partial charge is 0.284 e. The number of likely N-dealkylation sites (tertiary alicyclic amines) is 1. The Hall–Kier alpha value is -2.13. The van der Waals surface area contributed by atoms with Gasteiger partial charge < -0.3 is 10.1 Å². The van der Waals surface area contributed by atoms with Crippen LogP contribution in [-0.4, -0.2) is 40.1 Å². The molecule has 1 spiro atoms. The molecule has 1 fully saturated rings. The Labute approximate surface area is 123 Å². The van der Waals surface area contributed by atoms with E-state index in [4.69, 9.17) is 11.3 Å². The topological polar surface area (TPSA) is 58.8 Å². The molecule has 6 nitrogen and oxygen atoms in total. The molecule has 0 saturated carbocycles. The molecule has 1 N–H and O–H groups in total. The first kappa shape index (κ1) is 13.8. The lowest BCUT2D eigenvalue weighted by molar-refractivity contribution is -0.135. The highest BCUT2D eigenvalue weighted by molar-refractivity contribution is 5.87. The number of pyridine rings is 1. The van der Waals surface area contributed by atoms with Crippen LogP contribution in [0.1, 0.15) is 25.8 Å². The second kappa shape index (κ2) is 5.01. The lowest BCUT2D eigenvalue weighted by Crippen LogP contribution is -2.52. The largest absolute Gasteiger partial charge is 0.459 e. The molecule has 2 atom stereocenters. The fourth-order valence-corrected chi connectivity index (χ4v) is 2.98. The molecule has 0 bridgehead atoms. The summed E-state index contributed by atoms with van der Waals surface area (Å²) in [6.45, 7) is 12.3. The van der Waals surface area contributed by atoms with E-state index in [9.17, 15) is 4.79 Å². The summed E-state index contributed by atoms with van der Waals surface area (Å²) in [5.74, 6) is 0.336. The molecule has 0 aliphatic carbocycles. The van der Waals surface area contributed by atoms with E-state index >= 15 is 0 Å². The number of fused-ring (bicyclic) bond motifs is 1. The molecule has 3 rings (SSSR count). The van der Waals surface area contributed by atoms with Crippen LogP contribution < -0.4 is 10.1 Å². The number of carbonyl (C=O) groups excluding carboxylic acids is 1. The molecule has 2 aliphatic heterocycles. The summed E-state index contributed by atoms with van der Waals surface area (Å²) in [5.41, 5.74) is -0.149. The maximum absolute atomic E-state index is 12.5. The van der Waals surface area contributed by atoms with Gasteiger partial charge in [0.2, 0.25) is 11.5 Å². The van der Waals surface area contributed by atoms with Crippen molar-refractivity contribution < 1.29 is 9.53 Å². The molecule has 21 heavy (non-hydrogen) atoms. The zero-order valence-corrected chi connectivity index (χ0v) is 12.2. The SMILES string of the molecule is [C-]#[N+]C1CC2(CN1C(C)C)Oc1ncccc1CNC2=O. The number of ether oxygens (including phenoxy) is 1. The number of carbonyl (C=O) groups is 1. The molecule has 3 heterocycles. The summed E-state index contributed by atoms with van der Waals surface area (Å²) in [6.07, 6.45) is 1.70. The van der Waals surface area contributed by atoms with Gasteiger partial charge in [0.1, 0.15) is 0 Å². The van der Waals surface area contributed by atoms with Gasteiger partial charge >= 0.3 is 0 Å². The summed E-state index contributed by atoms with van der Waals surface area (Å²) in [6, 6.07) is 3.90. The van der Waals surface area contributed by atoms with E-state index in [1.807, 2.05) is 30.9 Å². The van der Waals surface area contributed by atoms with Crippen molar-refractivity contribution in [3.05, 3.63) is 35.3 Å². The Kier molecular flexibility index (Phi) is 3.30. The summed E-state index contributed by atoms with van der Waals surface area (Å²) < 4.78 is 6.02. The van der Waals surface area contributed by atoms with E-state index in [1.165, 1.54) is 0 Å². The number of amides is 1. The van der Waals surface area contributed by atoms with Crippen LogP contribution in [0, 0.1) is 6.57 Å². The van der Waals surface area contributed by atoms with Crippen LogP contribution in [0.3, 0.4) is 0 Å². The van der Waals surface area contributed by atoms with Crippen molar-refractivity contribution in [2.75, 3.05) is 6.54 Å². The van der Waals surface area contributed by atoms with Gasteiger partial charge in [-0.15, -0.1) is 0 Å². The van der Waals surface area contributed by atoms with E-state index in [0.29, 0.717) is 25.4 Å². The highest BCUT2D eigenvalue weighted by Crippen LogP contribution is 2.36. The Morgan fingerprint density at radius 3 is 3.10 bits per heavy atom. The zero-order valence-electron chi connectivity index (χ0n) is 12.2. The van der Waals surface area contributed by atoms with Gasteiger partial charge in [-0.1, -0.05) is 6.07 Å². The van der Waals surface area contributed by atoms with Gasteiger partial charge in [0.25, 0.3) is 12.1 Å². The quantitative estimate of drug-likeness (QED) is 0.788. The second-order valence-electron chi connectivity index (χ2n) is 5.83. The average molecular weight is 286 g/mol. The first-order valence-corrected chi connectivity index (χ1v) is 7.09. The molecule has 0 aromatic carbocycles. The van der Waals surface area contributed by atoms with E-state index in [-0.39, 0.29) is 18.1 Å². The van der Waals surface area contributed by atoms with Crippen LogP contribution in [0.4, 0.5) is 0 Å². The highest BCUT2D eigenvalue weighted by atomic mass is 16.5. The molecule has 110 valence electrons. The minimum atomic E-state index is -1.01. The van der Waals surface area contributed by atoms with Gasteiger partial charge in [0.05, 0.1) is 13.0 Å². The Morgan fingerprint density at radius 1 is 1.62 bits per heavy atom. The third-order valence-electron chi connectivity index (χ3n) is 4.14. The van der Waals surface area contributed by atoms with Crippen molar-refractivity contribution in [1.29, 1.82) is 0 Å². The van der Waals surface area contributed by atoms with Crippen LogP contribution >= 0.6 is 0 Å². The highest BCUT2D eigenvalue weighted by Gasteiger charge is 2.56. The summed E-state index contributed by atoms with van der Waals surface area (Å²) in [4.78, 5) is 22.5. The van der Waals surface area contributed by atoms with Gasteiger partial charge in [-0.3, -0.25) is 9.64 Å². The molecule has 1 aromatic rings. The zero-order chi connectivity index (χ0) is 15.0. The van der Waals surface area contributed by atoms with Crippen LogP contribution in [0.15, 0.2) is 18.3 Å². The number of rotatable bonds is 1. The fourth-order valence-electron chi connectivity index (χ4n) is 2.98. The first-order valence-electron chi connectivity index (χ1n) is 7.09. The average Bonchev–Trinajstić information content (AvgIpc) is 2.79. The number of hydrogen-bond acceptors (Lipinski definition) is 4. The second-order valence-corrected chi connectivity index (χ2v) is 5.83. The molecule has 6 heteroatoms. The third kappa shape index (κ3) is 2.24. The minimum Gasteiger partial charge on any atom is -0.459 e. The van der Waals surface area contributed by atoms with E-state index in [1.54, 1.807) is 6.20 Å². The number of nitrogens with zero attached hydrogens (tertiary/aromatic N) is 3. The lowest BCUT2D eigenvalue weighted by atomic mass is 10.0. The van der Waals surface area contributed by atoms with Gasteiger partial charge in [-0.25, -0.2) is 16.5 Å². The van der Waals surface area contributed by atoms with Crippen LogP contribution in [0.2, 0.25) is 0 Å². The van der Waals surface area contributed by atoms with Crippen molar-refractivity contribution in [2.45, 2.75) is 44.6 Å². The molecular weight excluding hydrogens is 268 g/mol. The van der Waals surface area contributed by atoms with Crippen molar-refractivity contribution in [2.24, 2.45) is 0 Å². The maximum atomic E-state index is 12.5. The molecular formula is C15H18N4O2. The van der Waals surface area contributed by atoms with Crippen LogP contribution in [0.5, 0.6) is 5.88 Å². The molecule has 1 aromatic heterocycles. The number of nitrogens with one attached hydrogen (secondary N) is 1. The predicted octanol–water partition coefficient (Wildman–Crippen LogP) is 1.19. The van der Waals surface area contributed by atoms with E-state index < -0.39 is 5.60 Å². The van der Waals surface area contributed by atoms with Crippen molar-refractivity contribution >= 4 is 5.91 Å². The Morgan fingerprint density at radius 2 is 2.43 bits per heavy atom. The summed E-state index contributed by atoms with van der Waals surface area (Å²) in [5, 5.41) is 2.90. The summed E-state index contributed by atoms with van der Waals surface area (Å²) >= 11 is 0. The normalized spacial score (nSPS) is 28.7. The maximum Gasteiger partial charge on any atom is 0.284 e. The van der Waals surface area contributed by atoms with Crippen LogP contribution in [-0.2, 0) is 11.3 Å². The lowest BCUT2D eigenvalue weighted by Gasteiger charge is -2.26. The van der Waals surface area contributed by atoms with Gasteiger partial charge in [-0.05, 0) is 19.9 Å². The van der Waals surface area contributed by atoms with E-state index in [0.717, 1.165) is 5.56 Å². The molecule has 1 saturated heterocycles. The monoisotopic (exact) mass is 286 g/mol. The Bertz CT molecular complexity index is 610. The standard InChI is InChI=1S/C15H18N4O2/c1-10(2)19-9-15(7-12(19)16-3)14(20)18-8-11-5-4-6-17-13(11)21-15/h4-6,10,12H,7-9H2,1-2H3,(H,18,20). The van der Waals surface area contributed by atoms with Gasteiger partial charge in [0.15, 0.2) is 0 Å². The van der Waals surface area contributed by atoms with Crippen molar-refractivity contribution in [3.8, 4) is 5.88 Å². The van der Waals surface area contributed by atoms with Crippen molar-refractivity contribution in [3.63, 3.8) is 0 Å². The molecule has 2 aliphatic rings. The number of aromatic nitrogens is 1. The van der Waals surface area contributed by atoms with Crippen molar-refractivity contribution in [1.82, 2.24) is 15.2 Å². The minimum absolute atomic E-state index is 0.155. The first-order chi connectivity index (χ1) is 10.1. The molecule has 0 radical (unpaired) electrons. The third-order valence-corrected chi connectivity index (χ3v) is 4.14. The summed E-state index contributed by atoms with van der Waals surface area (Å²) in [7, 11) is 0. The van der Waals surface area contributed by atoms with Gasteiger partial charge in [0, 0.05) is 24.3 Å². The Balaban J connectivity index is 1.97. The number of hydrogen-bond donors (Lipinski definition) is 1.